The van der Waals surface area contributed by atoms with Crippen molar-refractivity contribution in [2.24, 2.45) is 0 Å². The second kappa shape index (κ2) is 4.96. The lowest BCUT2D eigenvalue weighted by Gasteiger charge is -2.14. The molecule has 1 aliphatic rings. The van der Waals surface area contributed by atoms with E-state index in [4.69, 9.17) is 0 Å². The van der Waals surface area contributed by atoms with Crippen LogP contribution in [0.5, 0.6) is 0 Å². The molecule has 0 saturated carbocycles. The normalized spacial score (nSPS) is 14.1. The van der Waals surface area contributed by atoms with Gasteiger partial charge in [-0.05, 0) is 36.4 Å². The number of benzene rings is 2. The van der Waals surface area contributed by atoms with Crippen LogP contribution in [0, 0.1) is 0 Å². The van der Waals surface area contributed by atoms with Gasteiger partial charge in [0.1, 0.15) is 0 Å². The maximum Gasteiger partial charge on any atom is 0.266 e. The van der Waals surface area contributed by atoms with E-state index in [-0.39, 0.29) is 11.8 Å². The molecule has 2 aromatic rings. The Labute approximate surface area is 127 Å². The van der Waals surface area contributed by atoms with Gasteiger partial charge in [-0.1, -0.05) is 12.1 Å². The Morgan fingerprint density at radius 1 is 0.864 bits per heavy atom. The number of fused-ring (bicyclic) bond motifs is 1. The van der Waals surface area contributed by atoms with Crippen molar-refractivity contribution in [3.8, 4) is 0 Å². The Kier molecular flexibility index (Phi) is 3.22. The van der Waals surface area contributed by atoms with Gasteiger partial charge >= 0.3 is 0 Å². The fourth-order valence-electron chi connectivity index (χ4n) is 2.32. The van der Waals surface area contributed by atoms with Crippen LogP contribution < -0.4 is 9.62 Å². The third kappa shape index (κ3) is 2.46. The van der Waals surface area contributed by atoms with Crippen LogP contribution in [-0.2, 0) is 10.0 Å². The highest BCUT2D eigenvalue weighted by Crippen LogP contribution is 2.29. The highest BCUT2D eigenvalue weighted by molar-refractivity contribution is 7.92. The van der Waals surface area contributed by atoms with Gasteiger partial charge in [0.15, 0.2) is 0 Å². The number of carbonyl (C=O) groups is 2. The second-order valence-corrected chi connectivity index (χ2v) is 6.66. The first-order chi connectivity index (χ1) is 10.4. The van der Waals surface area contributed by atoms with E-state index in [1.54, 1.807) is 24.3 Å². The first-order valence-corrected chi connectivity index (χ1v) is 8.31. The van der Waals surface area contributed by atoms with E-state index in [1.807, 2.05) is 0 Å². The number of amides is 2. The van der Waals surface area contributed by atoms with Crippen LogP contribution in [0.3, 0.4) is 0 Å². The van der Waals surface area contributed by atoms with Gasteiger partial charge in [-0.25, -0.2) is 13.3 Å². The summed E-state index contributed by atoms with van der Waals surface area (Å²) in [5, 5.41) is 0. The summed E-state index contributed by atoms with van der Waals surface area (Å²) < 4.78 is 24.7. The lowest BCUT2D eigenvalue weighted by atomic mass is 10.1. The fourth-order valence-corrected chi connectivity index (χ4v) is 2.88. The van der Waals surface area contributed by atoms with Crippen LogP contribution in [0.25, 0.3) is 0 Å². The van der Waals surface area contributed by atoms with Crippen LogP contribution in [0.1, 0.15) is 20.7 Å². The zero-order chi connectivity index (χ0) is 15.9. The largest absolute Gasteiger partial charge is 0.284 e. The standard InChI is InChI=1S/C15H12N2O4S/c1-22(20,21)16-10-6-8-11(9-7-10)17-14(18)12-4-2-3-5-13(12)15(17)19/h2-9,16H,1H3. The number of hydrogen-bond donors (Lipinski definition) is 1. The first-order valence-electron chi connectivity index (χ1n) is 6.42. The van der Waals surface area contributed by atoms with Crippen LogP contribution >= 0.6 is 0 Å². The SMILES string of the molecule is CS(=O)(=O)Nc1ccc(N2C(=O)c3ccccc3C2=O)cc1. The molecule has 0 bridgehead atoms. The topological polar surface area (TPSA) is 83.6 Å². The number of nitrogens with zero attached hydrogens (tertiary/aromatic N) is 1. The van der Waals surface area contributed by atoms with Crippen molar-refractivity contribution in [1.82, 2.24) is 0 Å². The van der Waals surface area contributed by atoms with E-state index < -0.39 is 10.0 Å². The molecule has 0 unspecified atom stereocenters. The van der Waals surface area contributed by atoms with Gasteiger partial charge in [-0.15, -0.1) is 0 Å². The van der Waals surface area contributed by atoms with Crippen molar-refractivity contribution in [1.29, 1.82) is 0 Å². The Morgan fingerprint density at radius 2 is 1.36 bits per heavy atom. The molecule has 2 amide bonds. The van der Waals surface area contributed by atoms with Crippen molar-refractivity contribution < 1.29 is 18.0 Å². The van der Waals surface area contributed by atoms with E-state index in [0.29, 0.717) is 22.5 Å². The van der Waals surface area contributed by atoms with E-state index >= 15 is 0 Å². The molecule has 112 valence electrons. The first kappa shape index (κ1) is 14.3. The highest BCUT2D eigenvalue weighted by atomic mass is 32.2. The van der Waals surface area contributed by atoms with Gasteiger partial charge in [0, 0.05) is 5.69 Å². The average Bonchev–Trinajstić information content (AvgIpc) is 2.71. The Morgan fingerprint density at radius 3 is 1.82 bits per heavy atom. The average molecular weight is 316 g/mol. The number of anilines is 2. The molecule has 6 nitrogen and oxygen atoms in total. The molecule has 0 saturated heterocycles. The summed E-state index contributed by atoms with van der Waals surface area (Å²) in [4.78, 5) is 25.7. The van der Waals surface area contributed by atoms with E-state index in [1.165, 1.54) is 24.3 Å². The summed E-state index contributed by atoms with van der Waals surface area (Å²) >= 11 is 0. The number of hydrogen-bond acceptors (Lipinski definition) is 4. The van der Waals surface area contributed by atoms with Crippen LogP contribution in [0.15, 0.2) is 48.5 Å². The van der Waals surface area contributed by atoms with Gasteiger partial charge in [0.05, 0.1) is 23.1 Å². The van der Waals surface area contributed by atoms with Gasteiger partial charge < -0.3 is 0 Å². The number of rotatable bonds is 3. The molecule has 0 radical (unpaired) electrons. The van der Waals surface area contributed by atoms with Gasteiger partial charge in [-0.3, -0.25) is 14.3 Å². The zero-order valence-electron chi connectivity index (χ0n) is 11.6. The zero-order valence-corrected chi connectivity index (χ0v) is 12.4. The lowest BCUT2D eigenvalue weighted by Crippen LogP contribution is -2.29. The van der Waals surface area contributed by atoms with Crippen molar-refractivity contribution >= 4 is 33.2 Å². The molecule has 3 rings (SSSR count). The van der Waals surface area contributed by atoms with Crippen molar-refractivity contribution in [2.45, 2.75) is 0 Å². The van der Waals surface area contributed by atoms with Crippen molar-refractivity contribution in [3.05, 3.63) is 59.7 Å². The smallest absolute Gasteiger partial charge is 0.266 e. The van der Waals surface area contributed by atoms with Crippen molar-refractivity contribution in [2.75, 3.05) is 15.9 Å². The minimum atomic E-state index is -3.37. The monoisotopic (exact) mass is 316 g/mol. The Bertz CT molecular complexity index is 838. The van der Waals surface area contributed by atoms with Crippen molar-refractivity contribution in [3.63, 3.8) is 0 Å². The molecule has 0 fully saturated rings. The summed E-state index contributed by atoms with van der Waals surface area (Å²) in [5.41, 5.74) is 1.49. The van der Waals surface area contributed by atoms with E-state index in [0.717, 1.165) is 11.2 Å². The maximum absolute atomic E-state index is 12.3. The van der Waals surface area contributed by atoms with Crippen LogP contribution in [0.4, 0.5) is 11.4 Å². The van der Waals surface area contributed by atoms with E-state index in [9.17, 15) is 18.0 Å². The predicted molar refractivity (Wildman–Crippen MR) is 82.5 cm³/mol. The number of nitrogens with one attached hydrogen (secondary N) is 1. The second-order valence-electron chi connectivity index (χ2n) is 4.91. The molecule has 1 heterocycles. The molecular formula is C15H12N2O4S. The summed E-state index contributed by atoms with van der Waals surface area (Å²) in [5.74, 6) is -0.770. The number of carbonyl (C=O) groups excluding carboxylic acids is 2. The molecule has 1 N–H and O–H groups in total. The summed E-state index contributed by atoms with van der Waals surface area (Å²) in [7, 11) is -3.37. The fraction of sp³-hybridized carbons (Fsp3) is 0.0667. The summed E-state index contributed by atoms with van der Waals surface area (Å²) in [6.07, 6.45) is 1.05. The highest BCUT2D eigenvalue weighted by Gasteiger charge is 2.36. The van der Waals surface area contributed by atoms with Crippen LogP contribution in [0.2, 0.25) is 0 Å². The Balaban J connectivity index is 1.93. The third-order valence-corrected chi connectivity index (χ3v) is 3.83. The Hall–Kier alpha value is -2.67. The van der Waals surface area contributed by atoms with Crippen LogP contribution in [-0.4, -0.2) is 26.5 Å². The minimum Gasteiger partial charge on any atom is -0.284 e. The molecule has 0 atom stereocenters. The summed E-state index contributed by atoms with van der Waals surface area (Å²) in [6, 6.07) is 12.7. The molecule has 0 aromatic heterocycles. The molecule has 0 aliphatic carbocycles. The summed E-state index contributed by atoms with van der Waals surface area (Å²) in [6.45, 7) is 0. The number of sulfonamides is 1. The third-order valence-electron chi connectivity index (χ3n) is 3.22. The molecule has 7 heteroatoms. The molecule has 0 spiro atoms. The number of imide groups is 1. The molecule has 1 aliphatic heterocycles. The minimum absolute atomic E-state index is 0.364. The van der Waals surface area contributed by atoms with Gasteiger partial charge in [0.2, 0.25) is 10.0 Å². The molecule has 22 heavy (non-hydrogen) atoms. The molecule has 2 aromatic carbocycles. The van der Waals surface area contributed by atoms with Gasteiger partial charge in [0.25, 0.3) is 11.8 Å². The molecular weight excluding hydrogens is 304 g/mol. The lowest BCUT2D eigenvalue weighted by molar-refractivity contribution is 0.0926. The van der Waals surface area contributed by atoms with Gasteiger partial charge in [-0.2, -0.15) is 0 Å². The quantitative estimate of drug-likeness (QED) is 0.876. The predicted octanol–water partition coefficient (Wildman–Crippen LogP) is 1.86. The maximum atomic E-state index is 12.3. The van der Waals surface area contributed by atoms with E-state index in [2.05, 4.69) is 4.72 Å².